The Hall–Kier alpha value is -1.18. The molecule has 0 amide bonds. The largest absolute Gasteiger partial charge is 0.444 e. The van der Waals surface area contributed by atoms with Crippen LogP contribution in [0.25, 0.3) is 11.7 Å². The third kappa shape index (κ3) is 2.94. The number of hydrogen-bond donors (Lipinski definition) is 1. The van der Waals surface area contributed by atoms with Crippen molar-refractivity contribution in [2.24, 2.45) is 5.92 Å². The van der Waals surface area contributed by atoms with Gasteiger partial charge >= 0.3 is 0 Å². The minimum Gasteiger partial charge on any atom is -0.444 e. The SMILES string of the molecule is CC1CN(Cc2nnc(-c3ccc(Br)o3)o2)CCC1O. The molecule has 108 valence electrons. The van der Waals surface area contributed by atoms with E-state index in [9.17, 15) is 5.11 Å². The Morgan fingerprint density at radius 3 is 2.95 bits per heavy atom. The predicted octanol–water partition coefficient (Wildman–Crippen LogP) is 2.29. The molecule has 20 heavy (non-hydrogen) atoms. The first-order valence-corrected chi connectivity index (χ1v) is 7.39. The van der Waals surface area contributed by atoms with Crippen LogP contribution in [-0.4, -0.2) is 39.4 Å². The highest BCUT2D eigenvalue weighted by Crippen LogP contribution is 2.24. The lowest BCUT2D eigenvalue weighted by Crippen LogP contribution is -2.41. The second-order valence-corrected chi connectivity index (χ2v) is 5.95. The minimum absolute atomic E-state index is 0.204. The lowest BCUT2D eigenvalue weighted by atomic mass is 9.97. The number of likely N-dealkylation sites (tertiary alicyclic amines) is 1. The van der Waals surface area contributed by atoms with Crippen molar-refractivity contribution in [2.75, 3.05) is 13.1 Å². The van der Waals surface area contributed by atoms with Crippen molar-refractivity contribution in [1.29, 1.82) is 0 Å². The van der Waals surface area contributed by atoms with Gasteiger partial charge in [-0.25, -0.2) is 0 Å². The number of halogens is 1. The molecule has 1 saturated heterocycles. The molecule has 6 nitrogen and oxygen atoms in total. The normalized spacial score (nSPS) is 24.1. The van der Waals surface area contributed by atoms with E-state index < -0.39 is 0 Å². The van der Waals surface area contributed by atoms with Gasteiger partial charge in [0.25, 0.3) is 5.89 Å². The van der Waals surface area contributed by atoms with E-state index in [1.54, 1.807) is 12.1 Å². The van der Waals surface area contributed by atoms with E-state index >= 15 is 0 Å². The fraction of sp³-hybridized carbons (Fsp3) is 0.538. The summed E-state index contributed by atoms with van der Waals surface area (Å²) < 4.78 is 11.6. The summed E-state index contributed by atoms with van der Waals surface area (Å²) in [5.74, 6) is 1.78. The van der Waals surface area contributed by atoms with Gasteiger partial charge in [0.1, 0.15) is 0 Å². The highest BCUT2D eigenvalue weighted by atomic mass is 79.9. The summed E-state index contributed by atoms with van der Waals surface area (Å²) in [4.78, 5) is 2.22. The smallest absolute Gasteiger partial charge is 0.283 e. The lowest BCUT2D eigenvalue weighted by molar-refractivity contribution is 0.0290. The van der Waals surface area contributed by atoms with Crippen molar-refractivity contribution >= 4 is 15.9 Å². The van der Waals surface area contributed by atoms with Gasteiger partial charge in [0.15, 0.2) is 10.4 Å². The van der Waals surface area contributed by atoms with Crippen LogP contribution in [0.4, 0.5) is 0 Å². The Morgan fingerprint density at radius 2 is 2.25 bits per heavy atom. The molecule has 1 aliphatic rings. The summed E-state index contributed by atoms with van der Waals surface area (Å²) >= 11 is 3.24. The number of nitrogens with zero attached hydrogens (tertiary/aromatic N) is 3. The molecule has 2 aromatic heterocycles. The highest BCUT2D eigenvalue weighted by Gasteiger charge is 2.25. The first-order valence-electron chi connectivity index (χ1n) is 6.60. The van der Waals surface area contributed by atoms with Crippen LogP contribution in [0, 0.1) is 5.92 Å². The van der Waals surface area contributed by atoms with Gasteiger partial charge in [0, 0.05) is 13.1 Å². The molecular weight excluding hydrogens is 326 g/mol. The summed E-state index contributed by atoms with van der Waals surface area (Å²) in [6.45, 7) is 4.34. The van der Waals surface area contributed by atoms with Crippen LogP contribution < -0.4 is 0 Å². The Balaban J connectivity index is 1.66. The molecule has 3 rings (SSSR count). The van der Waals surface area contributed by atoms with Crippen molar-refractivity contribution in [1.82, 2.24) is 15.1 Å². The molecule has 2 atom stereocenters. The number of piperidine rings is 1. The summed E-state index contributed by atoms with van der Waals surface area (Å²) in [5.41, 5.74) is 0. The first-order chi connectivity index (χ1) is 9.61. The van der Waals surface area contributed by atoms with E-state index in [0.29, 0.717) is 28.8 Å². The quantitative estimate of drug-likeness (QED) is 0.923. The predicted molar refractivity (Wildman–Crippen MR) is 74.8 cm³/mol. The molecule has 2 unspecified atom stereocenters. The number of furan rings is 1. The monoisotopic (exact) mass is 341 g/mol. The number of aromatic nitrogens is 2. The molecule has 0 aromatic carbocycles. The topological polar surface area (TPSA) is 75.5 Å². The Morgan fingerprint density at radius 1 is 1.40 bits per heavy atom. The zero-order chi connectivity index (χ0) is 14.1. The summed E-state index contributed by atoms with van der Waals surface area (Å²) in [6.07, 6.45) is 0.581. The van der Waals surface area contributed by atoms with Gasteiger partial charge in [-0.05, 0) is 40.4 Å². The molecule has 7 heteroatoms. The summed E-state index contributed by atoms with van der Waals surface area (Å²) in [7, 11) is 0. The van der Waals surface area contributed by atoms with Crippen LogP contribution in [-0.2, 0) is 6.54 Å². The van der Waals surface area contributed by atoms with Crippen LogP contribution in [0.3, 0.4) is 0 Å². The van der Waals surface area contributed by atoms with Crippen LogP contribution >= 0.6 is 15.9 Å². The number of aliphatic hydroxyl groups is 1. The fourth-order valence-corrected chi connectivity index (χ4v) is 2.71. The van der Waals surface area contributed by atoms with Gasteiger partial charge in [-0.15, -0.1) is 10.2 Å². The molecule has 0 saturated carbocycles. The van der Waals surface area contributed by atoms with Gasteiger partial charge < -0.3 is 13.9 Å². The zero-order valence-corrected chi connectivity index (χ0v) is 12.7. The second kappa shape index (κ2) is 5.67. The molecule has 1 N–H and O–H groups in total. The first kappa shape index (κ1) is 13.8. The molecule has 3 heterocycles. The Bertz CT molecular complexity index is 583. The molecule has 2 aromatic rings. The van der Waals surface area contributed by atoms with Gasteiger partial charge in [0.2, 0.25) is 5.89 Å². The van der Waals surface area contributed by atoms with Crippen LogP contribution in [0.5, 0.6) is 0 Å². The molecule has 0 aliphatic carbocycles. The van der Waals surface area contributed by atoms with Gasteiger partial charge in [-0.1, -0.05) is 6.92 Å². The number of rotatable bonds is 3. The fourth-order valence-electron chi connectivity index (χ4n) is 2.40. The third-order valence-electron chi connectivity index (χ3n) is 3.55. The molecule has 0 bridgehead atoms. The summed E-state index contributed by atoms with van der Waals surface area (Å²) in [5, 5.41) is 17.8. The van der Waals surface area contributed by atoms with Crippen molar-refractivity contribution in [2.45, 2.75) is 26.0 Å². The van der Waals surface area contributed by atoms with Crippen molar-refractivity contribution < 1.29 is 13.9 Å². The Kier molecular flexibility index (Phi) is 3.91. The molecule has 1 aliphatic heterocycles. The van der Waals surface area contributed by atoms with E-state index in [4.69, 9.17) is 8.83 Å². The van der Waals surface area contributed by atoms with E-state index in [-0.39, 0.29) is 12.0 Å². The second-order valence-electron chi connectivity index (χ2n) is 5.17. The van der Waals surface area contributed by atoms with Gasteiger partial charge in [-0.2, -0.15) is 0 Å². The van der Waals surface area contributed by atoms with Gasteiger partial charge in [0.05, 0.1) is 12.6 Å². The lowest BCUT2D eigenvalue weighted by Gasteiger charge is -2.33. The molecule has 0 spiro atoms. The molecular formula is C13H16BrN3O3. The number of aliphatic hydroxyl groups excluding tert-OH is 1. The average Bonchev–Trinajstić information content (AvgIpc) is 3.03. The maximum atomic E-state index is 9.72. The Labute approximate surface area is 124 Å². The van der Waals surface area contributed by atoms with Crippen molar-refractivity contribution in [3.05, 3.63) is 22.7 Å². The van der Waals surface area contributed by atoms with Crippen LogP contribution in [0.1, 0.15) is 19.2 Å². The maximum Gasteiger partial charge on any atom is 0.283 e. The van der Waals surface area contributed by atoms with E-state index in [0.717, 1.165) is 19.5 Å². The van der Waals surface area contributed by atoms with Crippen molar-refractivity contribution in [3.63, 3.8) is 0 Å². The zero-order valence-electron chi connectivity index (χ0n) is 11.1. The van der Waals surface area contributed by atoms with E-state index in [1.807, 2.05) is 0 Å². The standard InChI is InChI=1S/C13H16BrN3O3/c1-8-6-17(5-4-9(8)18)7-12-15-16-13(20-12)10-2-3-11(14)19-10/h2-3,8-9,18H,4-7H2,1H3. The van der Waals surface area contributed by atoms with E-state index in [1.165, 1.54) is 0 Å². The highest BCUT2D eigenvalue weighted by molar-refractivity contribution is 9.10. The minimum atomic E-state index is -0.204. The average molecular weight is 342 g/mol. The number of hydrogen-bond acceptors (Lipinski definition) is 6. The van der Waals surface area contributed by atoms with Gasteiger partial charge in [-0.3, -0.25) is 4.90 Å². The van der Waals surface area contributed by atoms with E-state index in [2.05, 4.69) is 38.0 Å². The van der Waals surface area contributed by atoms with Crippen LogP contribution in [0.2, 0.25) is 0 Å². The molecule has 1 fully saturated rings. The maximum absolute atomic E-state index is 9.72. The molecule has 0 radical (unpaired) electrons. The van der Waals surface area contributed by atoms with Crippen molar-refractivity contribution in [3.8, 4) is 11.7 Å². The third-order valence-corrected chi connectivity index (χ3v) is 3.98. The van der Waals surface area contributed by atoms with Crippen LogP contribution in [0.15, 0.2) is 25.6 Å². The summed E-state index contributed by atoms with van der Waals surface area (Å²) in [6, 6.07) is 3.56.